The highest BCUT2D eigenvalue weighted by Crippen LogP contribution is 2.43. The van der Waals surface area contributed by atoms with Gasteiger partial charge in [0.15, 0.2) is 0 Å². The maximum Gasteiger partial charge on any atom is 0.222 e. The zero-order valence-electron chi connectivity index (χ0n) is 8.14. The van der Waals surface area contributed by atoms with Crippen LogP contribution in [-0.4, -0.2) is 24.4 Å². The summed E-state index contributed by atoms with van der Waals surface area (Å²) in [7, 11) is 0. The number of rotatable bonds is 4. The van der Waals surface area contributed by atoms with Crippen LogP contribution >= 0.6 is 0 Å². The number of epoxide rings is 1. The summed E-state index contributed by atoms with van der Waals surface area (Å²) < 4.78 is 10.4. The lowest BCUT2D eigenvalue weighted by molar-refractivity contribution is 0.0330. The van der Waals surface area contributed by atoms with E-state index in [0.717, 1.165) is 5.56 Å². The predicted molar refractivity (Wildman–Crippen MR) is 51.7 cm³/mol. The Bertz CT molecular complexity index is 299. The summed E-state index contributed by atoms with van der Waals surface area (Å²) in [6.45, 7) is 3.01. The summed E-state index contributed by atoms with van der Waals surface area (Å²) in [6.07, 6.45) is -0.218. The average Bonchev–Trinajstić information content (AvgIpc) is 2.90. The molecule has 14 heavy (non-hydrogen) atoms. The molecule has 2 unspecified atom stereocenters. The second-order valence-corrected chi connectivity index (χ2v) is 3.33. The SMILES string of the molecule is CCOCC1OC1(O)c1ccccc1. The molecule has 1 saturated heterocycles. The molecule has 76 valence electrons. The Morgan fingerprint density at radius 1 is 1.43 bits per heavy atom. The third-order valence-corrected chi connectivity index (χ3v) is 2.36. The van der Waals surface area contributed by atoms with Crippen LogP contribution in [0.4, 0.5) is 0 Å². The molecule has 1 N–H and O–H groups in total. The summed E-state index contributed by atoms with van der Waals surface area (Å²) in [6, 6.07) is 9.38. The van der Waals surface area contributed by atoms with E-state index in [2.05, 4.69) is 0 Å². The summed E-state index contributed by atoms with van der Waals surface area (Å²) in [5, 5.41) is 9.98. The van der Waals surface area contributed by atoms with E-state index in [1.54, 1.807) is 0 Å². The molecular formula is C11H14O3. The van der Waals surface area contributed by atoms with Crippen molar-refractivity contribution in [2.24, 2.45) is 0 Å². The van der Waals surface area contributed by atoms with Gasteiger partial charge in [-0.3, -0.25) is 0 Å². The molecule has 0 saturated carbocycles. The standard InChI is InChI=1S/C11H14O3/c1-2-13-8-10-11(12,14-10)9-6-4-3-5-7-9/h3-7,10,12H,2,8H2,1H3. The van der Waals surface area contributed by atoms with E-state index < -0.39 is 5.79 Å². The fourth-order valence-corrected chi connectivity index (χ4v) is 1.49. The van der Waals surface area contributed by atoms with Crippen LogP contribution < -0.4 is 0 Å². The predicted octanol–water partition coefficient (Wildman–Crippen LogP) is 1.27. The molecule has 3 nitrogen and oxygen atoms in total. The number of benzene rings is 1. The summed E-state index contributed by atoms with van der Waals surface area (Å²) in [5.74, 6) is -1.11. The summed E-state index contributed by atoms with van der Waals surface area (Å²) in [5.41, 5.74) is 0.796. The first-order chi connectivity index (χ1) is 6.77. The van der Waals surface area contributed by atoms with Crippen LogP contribution in [0.5, 0.6) is 0 Å². The highest BCUT2D eigenvalue weighted by Gasteiger charge is 2.56. The Morgan fingerprint density at radius 2 is 2.14 bits per heavy atom. The molecule has 0 amide bonds. The maximum absolute atomic E-state index is 9.98. The molecule has 1 aromatic rings. The number of hydrogen-bond acceptors (Lipinski definition) is 3. The van der Waals surface area contributed by atoms with Gasteiger partial charge >= 0.3 is 0 Å². The third kappa shape index (κ3) is 1.66. The fourth-order valence-electron chi connectivity index (χ4n) is 1.49. The number of hydrogen-bond donors (Lipinski definition) is 1. The maximum atomic E-state index is 9.98. The molecule has 0 aromatic heterocycles. The van der Waals surface area contributed by atoms with Crippen molar-refractivity contribution < 1.29 is 14.6 Å². The molecule has 1 fully saturated rings. The second-order valence-electron chi connectivity index (χ2n) is 3.33. The first kappa shape index (κ1) is 9.65. The van der Waals surface area contributed by atoms with Crippen molar-refractivity contribution in [2.75, 3.05) is 13.2 Å². The Morgan fingerprint density at radius 3 is 2.79 bits per heavy atom. The van der Waals surface area contributed by atoms with Crippen molar-refractivity contribution in [3.8, 4) is 0 Å². The highest BCUT2D eigenvalue weighted by atomic mass is 16.7. The molecule has 1 aliphatic rings. The van der Waals surface area contributed by atoms with E-state index in [1.165, 1.54) is 0 Å². The van der Waals surface area contributed by atoms with Gasteiger partial charge in [0.2, 0.25) is 5.79 Å². The normalized spacial score (nSPS) is 30.3. The Hall–Kier alpha value is -0.900. The van der Waals surface area contributed by atoms with E-state index in [4.69, 9.17) is 9.47 Å². The van der Waals surface area contributed by atoms with Crippen LogP contribution in [0.15, 0.2) is 30.3 Å². The molecule has 0 bridgehead atoms. The van der Waals surface area contributed by atoms with E-state index >= 15 is 0 Å². The van der Waals surface area contributed by atoms with Gasteiger partial charge in [-0.05, 0) is 6.92 Å². The molecule has 2 atom stereocenters. The van der Waals surface area contributed by atoms with Gasteiger partial charge in [0.1, 0.15) is 6.10 Å². The minimum absolute atomic E-state index is 0.218. The Kier molecular flexibility index (Phi) is 2.54. The van der Waals surface area contributed by atoms with Crippen LogP contribution in [0, 0.1) is 0 Å². The molecule has 1 heterocycles. The van der Waals surface area contributed by atoms with Crippen molar-refractivity contribution in [3.63, 3.8) is 0 Å². The van der Waals surface area contributed by atoms with Crippen molar-refractivity contribution in [1.29, 1.82) is 0 Å². The van der Waals surface area contributed by atoms with Crippen molar-refractivity contribution in [2.45, 2.75) is 18.8 Å². The van der Waals surface area contributed by atoms with Gasteiger partial charge in [0.05, 0.1) is 6.61 Å². The van der Waals surface area contributed by atoms with E-state index in [1.807, 2.05) is 37.3 Å². The van der Waals surface area contributed by atoms with Crippen molar-refractivity contribution in [3.05, 3.63) is 35.9 Å². The second kappa shape index (κ2) is 3.69. The number of aliphatic hydroxyl groups is 1. The van der Waals surface area contributed by atoms with E-state index in [9.17, 15) is 5.11 Å². The monoisotopic (exact) mass is 194 g/mol. The van der Waals surface area contributed by atoms with Gasteiger partial charge in [0.25, 0.3) is 0 Å². The van der Waals surface area contributed by atoms with Crippen LogP contribution in [0.1, 0.15) is 12.5 Å². The van der Waals surface area contributed by atoms with Gasteiger partial charge in [-0.2, -0.15) is 0 Å². The van der Waals surface area contributed by atoms with Gasteiger partial charge in [0, 0.05) is 12.2 Å². The Balaban J connectivity index is 2.00. The van der Waals surface area contributed by atoms with Gasteiger partial charge < -0.3 is 14.6 Å². The molecule has 1 aliphatic heterocycles. The average molecular weight is 194 g/mol. The van der Waals surface area contributed by atoms with E-state index in [0.29, 0.717) is 13.2 Å². The Labute approximate surface area is 83.3 Å². The molecular weight excluding hydrogens is 180 g/mol. The minimum Gasteiger partial charge on any atom is -0.379 e. The van der Waals surface area contributed by atoms with Crippen molar-refractivity contribution in [1.82, 2.24) is 0 Å². The molecule has 0 spiro atoms. The smallest absolute Gasteiger partial charge is 0.222 e. The lowest BCUT2D eigenvalue weighted by Crippen LogP contribution is -2.15. The molecule has 1 aromatic carbocycles. The largest absolute Gasteiger partial charge is 0.379 e. The molecule has 0 radical (unpaired) electrons. The quantitative estimate of drug-likeness (QED) is 0.734. The minimum atomic E-state index is -1.11. The van der Waals surface area contributed by atoms with Crippen LogP contribution in [-0.2, 0) is 15.3 Å². The van der Waals surface area contributed by atoms with Crippen LogP contribution in [0.2, 0.25) is 0 Å². The van der Waals surface area contributed by atoms with Gasteiger partial charge in [-0.15, -0.1) is 0 Å². The van der Waals surface area contributed by atoms with Crippen LogP contribution in [0.25, 0.3) is 0 Å². The number of ether oxygens (including phenoxy) is 2. The first-order valence-electron chi connectivity index (χ1n) is 4.81. The summed E-state index contributed by atoms with van der Waals surface area (Å²) in [4.78, 5) is 0. The lowest BCUT2D eigenvalue weighted by Gasteiger charge is -2.05. The summed E-state index contributed by atoms with van der Waals surface area (Å²) >= 11 is 0. The third-order valence-electron chi connectivity index (χ3n) is 2.36. The topological polar surface area (TPSA) is 42.0 Å². The molecule has 2 rings (SSSR count). The fraction of sp³-hybridized carbons (Fsp3) is 0.455. The van der Waals surface area contributed by atoms with Gasteiger partial charge in [-0.25, -0.2) is 0 Å². The zero-order valence-corrected chi connectivity index (χ0v) is 8.14. The molecule has 0 aliphatic carbocycles. The first-order valence-corrected chi connectivity index (χ1v) is 4.81. The van der Waals surface area contributed by atoms with E-state index in [-0.39, 0.29) is 6.10 Å². The molecule has 3 heteroatoms. The van der Waals surface area contributed by atoms with Crippen LogP contribution in [0.3, 0.4) is 0 Å². The zero-order chi connectivity index (χ0) is 10.0. The lowest BCUT2D eigenvalue weighted by atomic mass is 10.1. The highest BCUT2D eigenvalue weighted by molar-refractivity contribution is 5.25. The van der Waals surface area contributed by atoms with Crippen molar-refractivity contribution >= 4 is 0 Å². The van der Waals surface area contributed by atoms with Gasteiger partial charge in [-0.1, -0.05) is 30.3 Å².